The van der Waals surface area contributed by atoms with E-state index in [9.17, 15) is 0 Å². The van der Waals surface area contributed by atoms with Gasteiger partial charge < -0.3 is 5.73 Å². The predicted octanol–water partition coefficient (Wildman–Crippen LogP) is 2.32. The molecule has 1 saturated heterocycles. The molecule has 2 N–H and O–H groups in total. The fourth-order valence-electron chi connectivity index (χ4n) is 2.86. The van der Waals surface area contributed by atoms with Crippen LogP contribution in [-0.4, -0.2) is 48.6 Å². The van der Waals surface area contributed by atoms with Crippen LogP contribution in [0.2, 0.25) is 0 Å². The largest absolute Gasteiger partial charge is 0.327 e. The van der Waals surface area contributed by atoms with Gasteiger partial charge in [-0.05, 0) is 12.0 Å². The van der Waals surface area contributed by atoms with E-state index >= 15 is 0 Å². The van der Waals surface area contributed by atoms with Gasteiger partial charge in [0.1, 0.15) is 0 Å². The molecule has 3 heteroatoms. The maximum absolute atomic E-state index is 6.19. The normalized spacial score (nSPS) is 19.1. The number of unbranched alkanes of at least 4 members (excludes halogenated alkanes) is 1. The molecule has 1 aliphatic heterocycles. The van der Waals surface area contributed by atoms with Gasteiger partial charge >= 0.3 is 0 Å². The Kier molecular flexibility index (Phi) is 6.51. The van der Waals surface area contributed by atoms with Crippen LogP contribution in [0.3, 0.4) is 0 Å². The summed E-state index contributed by atoms with van der Waals surface area (Å²) in [5.41, 5.74) is 7.61. The SMILES string of the molecule is CCCCC(N)CN1CCN(Cc2ccccc2)CC1. The van der Waals surface area contributed by atoms with Crippen LogP contribution in [0.15, 0.2) is 30.3 Å². The van der Waals surface area contributed by atoms with E-state index in [0.717, 1.165) is 39.3 Å². The molecule has 1 aromatic rings. The first kappa shape index (κ1) is 15.5. The average molecular weight is 275 g/mol. The quantitative estimate of drug-likeness (QED) is 0.829. The molecule has 0 bridgehead atoms. The highest BCUT2D eigenvalue weighted by Gasteiger charge is 2.18. The maximum Gasteiger partial charge on any atom is 0.0234 e. The molecule has 1 fully saturated rings. The van der Waals surface area contributed by atoms with E-state index in [1.54, 1.807) is 0 Å². The smallest absolute Gasteiger partial charge is 0.0234 e. The van der Waals surface area contributed by atoms with Crippen molar-refractivity contribution in [3.63, 3.8) is 0 Å². The van der Waals surface area contributed by atoms with Gasteiger partial charge in [-0.25, -0.2) is 0 Å². The molecule has 1 unspecified atom stereocenters. The Hall–Kier alpha value is -0.900. The van der Waals surface area contributed by atoms with Crippen molar-refractivity contribution in [1.29, 1.82) is 0 Å². The van der Waals surface area contributed by atoms with Gasteiger partial charge in [0.15, 0.2) is 0 Å². The van der Waals surface area contributed by atoms with Crippen molar-refractivity contribution in [2.45, 2.75) is 38.8 Å². The molecule has 0 radical (unpaired) electrons. The molecule has 112 valence electrons. The van der Waals surface area contributed by atoms with Gasteiger partial charge in [-0.2, -0.15) is 0 Å². The molecule has 2 rings (SSSR count). The Bertz CT molecular complexity index is 358. The van der Waals surface area contributed by atoms with Crippen molar-refractivity contribution in [2.75, 3.05) is 32.7 Å². The summed E-state index contributed by atoms with van der Waals surface area (Å²) in [6.45, 7) is 9.02. The topological polar surface area (TPSA) is 32.5 Å². The summed E-state index contributed by atoms with van der Waals surface area (Å²) in [5, 5.41) is 0. The zero-order valence-electron chi connectivity index (χ0n) is 12.8. The fraction of sp³-hybridized carbons (Fsp3) is 0.647. The van der Waals surface area contributed by atoms with Gasteiger partial charge in [0.25, 0.3) is 0 Å². The summed E-state index contributed by atoms with van der Waals surface area (Å²) in [5.74, 6) is 0. The molecular formula is C17H29N3. The van der Waals surface area contributed by atoms with E-state index in [4.69, 9.17) is 5.73 Å². The van der Waals surface area contributed by atoms with E-state index in [2.05, 4.69) is 47.1 Å². The van der Waals surface area contributed by atoms with Gasteiger partial charge in [-0.15, -0.1) is 0 Å². The molecule has 1 atom stereocenters. The van der Waals surface area contributed by atoms with Crippen molar-refractivity contribution >= 4 is 0 Å². The van der Waals surface area contributed by atoms with Crippen LogP contribution in [0.25, 0.3) is 0 Å². The monoisotopic (exact) mass is 275 g/mol. The third-order valence-electron chi connectivity index (χ3n) is 4.14. The highest BCUT2D eigenvalue weighted by Crippen LogP contribution is 2.09. The van der Waals surface area contributed by atoms with Gasteiger partial charge in [0.2, 0.25) is 0 Å². The molecule has 3 nitrogen and oxygen atoms in total. The Morgan fingerprint density at radius 1 is 1.05 bits per heavy atom. The van der Waals surface area contributed by atoms with E-state index in [1.807, 2.05) is 0 Å². The van der Waals surface area contributed by atoms with Crippen molar-refractivity contribution in [2.24, 2.45) is 5.73 Å². The van der Waals surface area contributed by atoms with Gasteiger partial charge in [0, 0.05) is 45.3 Å². The molecule has 1 aliphatic rings. The van der Waals surface area contributed by atoms with Crippen LogP contribution in [0.1, 0.15) is 31.7 Å². The van der Waals surface area contributed by atoms with Crippen LogP contribution in [0.5, 0.6) is 0 Å². The number of nitrogens with zero attached hydrogens (tertiary/aromatic N) is 2. The lowest BCUT2D eigenvalue weighted by Gasteiger charge is -2.35. The number of hydrogen-bond acceptors (Lipinski definition) is 3. The third kappa shape index (κ3) is 5.23. The fourth-order valence-corrected chi connectivity index (χ4v) is 2.86. The lowest BCUT2D eigenvalue weighted by atomic mass is 10.1. The summed E-state index contributed by atoms with van der Waals surface area (Å²) in [7, 11) is 0. The number of rotatable bonds is 7. The van der Waals surface area contributed by atoms with E-state index in [0.29, 0.717) is 6.04 Å². The van der Waals surface area contributed by atoms with Crippen LogP contribution >= 0.6 is 0 Å². The lowest BCUT2D eigenvalue weighted by molar-refractivity contribution is 0.121. The second kappa shape index (κ2) is 8.40. The highest BCUT2D eigenvalue weighted by atomic mass is 15.3. The Labute approximate surface area is 123 Å². The van der Waals surface area contributed by atoms with E-state index in [-0.39, 0.29) is 0 Å². The zero-order chi connectivity index (χ0) is 14.2. The van der Waals surface area contributed by atoms with Crippen molar-refractivity contribution < 1.29 is 0 Å². The zero-order valence-corrected chi connectivity index (χ0v) is 12.8. The summed E-state index contributed by atoms with van der Waals surface area (Å²) < 4.78 is 0. The van der Waals surface area contributed by atoms with Crippen LogP contribution in [-0.2, 0) is 6.54 Å². The maximum atomic E-state index is 6.19. The molecular weight excluding hydrogens is 246 g/mol. The summed E-state index contributed by atoms with van der Waals surface area (Å²) in [6, 6.07) is 11.1. The Morgan fingerprint density at radius 2 is 1.70 bits per heavy atom. The van der Waals surface area contributed by atoms with Crippen molar-refractivity contribution in [3.05, 3.63) is 35.9 Å². The molecule has 0 spiro atoms. The second-order valence-corrected chi connectivity index (χ2v) is 5.96. The molecule has 1 aromatic carbocycles. The van der Waals surface area contributed by atoms with Crippen LogP contribution in [0, 0.1) is 0 Å². The van der Waals surface area contributed by atoms with Gasteiger partial charge in [0.05, 0.1) is 0 Å². The number of benzene rings is 1. The van der Waals surface area contributed by atoms with Crippen molar-refractivity contribution in [1.82, 2.24) is 9.80 Å². The third-order valence-corrected chi connectivity index (χ3v) is 4.14. The molecule has 20 heavy (non-hydrogen) atoms. The number of piperazine rings is 1. The first-order chi connectivity index (χ1) is 9.78. The van der Waals surface area contributed by atoms with Gasteiger partial charge in [-0.3, -0.25) is 9.80 Å². The minimum Gasteiger partial charge on any atom is -0.327 e. The average Bonchev–Trinajstić information content (AvgIpc) is 2.48. The summed E-state index contributed by atoms with van der Waals surface area (Å²) in [4.78, 5) is 5.07. The molecule has 0 aromatic heterocycles. The van der Waals surface area contributed by atoms with E-state index < -0.39 is 0 Å². The molecule has 1 heterocycles. The first-order valence-electron chi connectivity index (χ1n) is 8.02. The first-order valence-corrected chi connectivity index (χ1v) is 8.02. The number of hydrogen-bond donors (Lipinski definition) is 1. The van der Waals surface area contributed by atoms with Crippen LogP contribution in [0.4, 0.5) is 0 Å². The molecule has 0 amide bonds. The minimum absolute atomic E-state index is 0.357. The Balaban J connectivity index is 1.67. The van der Waals surface area contributed by atoms with Crippen LogP contribution < -0.4 is 5.73 Å². The standard InChI is InChI=1S/C17H29N3/c1-2-3-9-17(18)15-20-12-10-19(11-13-20)14-16-7-5-4-6-8-16/h4-8,17H,2-3,9-15,18H2,1H3. The van der Waals surface area contributed by atoms with Gasteiger partial charge in [-0.1, -0.05) is 50.1 Å². The summed E-state index contributed by atoms with van der Waals surface area (Å²) >= 11 is 0. The highest BCUT2D eigenvalue weighted by molar-refractivity contribution is 5.14. The lowest BCUT2D eigenvalue weighted by Crippen LogP contribution is -2.49. The number of nitrogens with two attached hydrogens (primary N) is 1. The molecule has 0 saturated carbocycles. The summed E-state index contributed by atoms with van der Waals surface area (Å²) in [6.07, 6.45) is 3.68. The second-order valence-electron chi connectivity index (χ2n) is 5.96. The predicted molar refractivity (Wildman–Crippen MR) is 85.7 cm³/mol. The minimum atomic E-state index is 0.357. The Morgan fingerprint density at radius 3 is 2.35 bits per heavy atom. The van der Waals surface area contributed by atoms with Crippen molar-refractivity contribution in [3.8, 4) is 0 Å². The molecule has 0 aliphatic carbocycles. The van der Waals surface area contributed by atoms with E-state index in [1.165, 1.54) is 24.8 Å².